The van der Waals surface area contributed by atoms with Crippen molar-refractivity contribution in [2.45, 2.75) is 38.3 Å². The minimum absolute atomic E-state index is 0.202. The average molecular weight is 240 g/mol. The summed E-state index contributed by atoms with van der Waals surface area (Å²) in [6, 6.07) is 0.202. The Morgan fingerprint density at radius 3 is 3.19 bits per heavy atom. The van der Waals surface area contributed by atoms with Gasteiger partial charge >= 0.3 is 5.97 Å². The number of aromatic nitrogens is 1. The Hall–Kier alpha value is -0.940. The fourth-order valence-corrected chi connectivity index (χ4v) is 2.84. The van der Waals surface area contributed by atoms with Crippen LogP contribution in [0.5, 0.6) is 0 Å². The maximum Gasteiger partial charge on any atom is 0.304 e. The first-order valence-corrected chi connectivity index (χ1v) is 6.47. The Kier molecular flexibility index (Phi) is 3.90. The molecule has 1 aliphatic rings. The molecule has 0 spiro atoms. The third kappa shape index (κ3) is 3.02. The van der Waals surface area contributed by atoms with Gasteiger partial charge in [-0.3, -0.25) is 14.7 Å². The van der Waals surface area contributed by atoms with Gasteiger partial charge in [0.2, 0.25) is 0 Å². The molecule has 16 heavy (non-hydrogen) atoms. The summed E-state index contributed by atoms with van der Waals surface area (Å²) in [7, 11) is 0. The molecule has 0 bridgehead atoms. The normalized spacial score (nSPS) is 22.1. The van der Waals surface area contributed by atoms with Crippen molar-refractivity contribution in [3.63, 3.8) is 0 Å². The first-order chi connectivity index (χ1) is 7.75. The zero-order valence-corrected chi connectivity index (χ0v) is 9.95. The molecule has 1 atom stereocenters. The lowest BCUT2D eigenvalue weighted by Crippen LogP contribution is -2.40. The molecule has 1 aromatic heterocycles. The number of piperidine rings is 1. The number of likely N-dealkylation sites (tertiary alicyclic amines) is 1. The number of carboxylic acid groups (broad SMARTS) is 1. The molecule has 4 nitrogen and oxygen atoms in total. The maximum atomic E-state index is 10.8. The van der Waals surface area contributed by atoms with Crippen molar-refractivity contribution >= 4 is 17.3 Å². The number of nitrogens with zero attached hydrogens (tertiary/aromatic N) is 2. The van der Waals surface area contributed by atoms with Crippen LogP contribution in [0, 0.1) is 0 Å². The first-order valence-electron chi connectivity index (χ1n) is 5.59. The summed E-state index contributed by atoms with van der Waals surface area (Å²) in [4.78, 5) is 18.3. The van der Waals surface area contributed by atoms with Crippen LogP contribution >= 0.6 is 11.3 Å². The van der Waals surface area contributed by atoms with Gasteiger partial charge in [-0.05, 0) is 19.4 Å². The van der Waals surface area contributed by atoms with Crippen molar-refractivity contribution in [2.24, 2.45) is 0 Å². The molecule has 0 aliphatic carbocycles. The summed E-state index contributed by atoms with van der Waals surface area (Å²) in [5.41, 5.74) is 1.82. The van der Waals surface area contributed by atoms with E-state index >= 15 is 0 Å². The van der Waals surface area contributed by atoms with Crippen molar-refractivity contribution in [3.8, 4) is 0 Å². The maximum absolute atomic E-state index is 10.8. The SMILES string of the molecule is O=C(O)CC1CCCCN1Cc1cncs1. The van der Waals surface area contributed by atoms with Crippen LogP contribution in [-0.4, -0.2) is 33.5 Å². The number of thiazole rings is 1. The largest absolute Gasteiger partial charge is 0.481 e. The monoisotopic (exact) mass is 240 g/mol. The molecular weight excluding hydrogens is 224 g/mol. The molecule has 5 heteroatoms. The summed E-state index contributed by atoms with van der Waals surface area (Å²) in [6.45, 7) is 1.86. The van der Waals surface area contributed by atoms with E-state index in [0.29, 0.717) is 0 Å². The van der Waals surface area contributed by atoms with E-state index in [2.05, 4.69) is 9.88 Å². The van der Waals surface area contributed by atoms with Crippen LogP contribution in [0.3, 0.4) is 0 Å². The lowest BCUT2D eigenvalue weighted by atomic mass is 9.99. The predicted molar refractivity (Wildman–Crippen MR) is 62.4 cm³/mol. The lowest BCUT2D eigenvalue weighted by Gasteiger charge is -2.34. The fraction of sp³-hybridized carbons (Fsp3) is 0.636. The van der Waals surface area contributed by atoms with Gasteiger partial charge in [-0.25, -0.2) is 0 Å². The number of aliphatic carboxylic acids is 1. The fourth-order valence-electron chi connectivity index (χ4n) is 2.22. The summed E-state index contributed by atoms with van der Waals surface area (Å²) < 4.78 is 0. The zero-order valence-electron chi connectivity index (χ0n) is 9.13. The second kappa shape index (κ2) is 5.41. The van der Waals surface area contributed by atoms with E-state index in [1.807, 2.05) is 11.7 Å². The summed E-state index contributed by atoms with van der Waals surface area (Å²) in [6.07, 6.45) is 5.47. The molecule has 2 rings (SSSR count). The molecular formula is C11H16N2O2S. The molecule has 0 saturated carbocycles. The number of carboxylic acids is 1. The van der Waals surface area contributed by atoms with Crippen molar-refractivity contribution in [1.82, 2.24) is 9.88 Å². The van der Waals surface area contributed by atoms with Crippen molar-refractivity contribution in [2.75, 3.05) is 6.54 Å². The number of rotatable bonds is 4. The van der Waals surface area contributed by atoms with E-state index in [1.165, 1.54) is 11.3 Å². The molecule has 0 amide bonds. The van der Waals surface area contributed by atoms with Crippen LogP contribution in [0.15, 0.2) is 11.7 Å². The summed E-state index contributed by atoms with van der Waals surface area (Å²) >= 11 is 1.64. The van der Waals surface area contributed by atoms with Gasteiger partial charge in [0.25, 0.3) is 0 Å². The smallest absolute Gasteiger partial charge is 0.304 e. The topological polar surface area (TPSA) is 53.4 Å². The van der Waals surface area contributed by atoms with Gasteiger partial charge in [-0.2, -0.15) is 0 Å². The standard InChI is InChI=1S/C11H16N2O2S/c14-11(15)5-9-3-1-2-4-13(9)7-10-6-12-8-16-10/h6,8-9H,1-5,7H2,(H,14,15). The average Bonchev–Trinajstić information content (AvgIpc) is 2.73. The minimum atomic E-state index is -0.693. The van der Waals surface area contributed by atoms with Gasteiger partial charge in [0.15, 0.2) is 0 Å². The quantitative estimate of drug-likeness (QED) is 0.874. The van der Waals surface area contributed by atoms with Crippen LogP contribution in [0.4, 0.5) is 0 Å². The van der Waals surface area contributed by atoms with Crippen LogP contribution in [-0.2, 0) is 11.3 Å². The molecule has 0 radical (unpaired) electrons. The summed E-state index contributed by atoms with van der Waals surface area (Å²) in [5.74, 6) is -0.693. The molecule has 1 aromatic rings. The zero-order chi connectivity index (χ0) is 11.4. The van der Waals surface area contributed by atoms with E-state index in [4.69, 9.17) is 5.11 Å². The number of carbonyl (C=O) groups is 1. The van der Waals surface area contributed by atoms with Gasteiger partial charge in [-0.1, -0.05) is 6.42 Å². The Labute approximate surface area is 98.9 Å². The highest BCUT2D eigenvalue weighted by Gasteiger charge is 2.24. The molecule has 0 aromatic carbocycles. The van der Waals surface area contributed by atoms with Gasteiger partial charge < -0.3 is 5.11 Å². The minimum Gasteiger partial charge on any atom is -0.481 e. The first kappa shape index (κ1) is 11.5. The number of hydrogen-bond donors (Lipinski definition) is 1. The highest BCUT2D eigenvalue weighted by molar-refractivity contribution is 7.09. The lowest BCUT2D eigenvalue weighted by molar-refractivity contribution is -0.138. The Bertz CT molecular complexity index is 340. The van der Waals surface area contributed by atoms with E-state index in [-0.39, 0.29) is 12.5 Å². The van der Waals surface area contributed by atoms with E-state index < -0.39 is 5.97 Å². The molecule has 1 fully saturated rings. The van der Waals surface area contributed by atoms with Crippen LogP contribution in [0.25, 0.3) is 0 Å². The number of hydrogen-bond acceptors (Lipinski definition) is 4. The van der Waals surface area contributed by atoms with Crippen molar-refractivity contribution < 1.29 is 9.90 Å². The van der Waals surface area contributed by atoms with Gasteiger partial charge in [-0.15, -0.1) is 11.3 Å². The molecule has 2 heterocycles. The molecule has 1 N–H and O–H groups in total. The molecule has 1 unspecified atom stereocenters. The third-order valence-electron chi connectivity index (χ3n) is 3.00. The molecule has 88 valence electrons. The van der Waals surface area contributed by atoms with Crippen LogP contribution < -0.4 is 0 Å². The van der Waals surface area contributed by atoms with Crippen LogP contribution in [0.2, 0.25) is 0 Å². The van der Waals surface area contributed by atoms with Crippen LogP contribution in [0.1, 0.15) is 30.6 Å². The van der Waals surface area contributed by atoms with E-state index in [9.17, 15) is 4.79 Å². The van der Waals surface area contributed by atoms with Gasteiger partial charge in [0, 0.05) is 23.7 Å². The van der Waals surface area contributed by atoms with Crippen molar-refractivity contribution in [3.05, 3.63) is 16.6 Å². The predicted octanol–water partition coefficient (Wildman–Crippen LogP) is 1.97. The van der Waals surface area contributed by atoms with Gasteiger partial charge in [0.05, 0.1) is 11.9 Å². The molecule has 1 aliphatic heterocycles. The Morgan fingerprint density at radius 1 is 1.62 bits per heavy atom. The van der Waals surface area contributed by atoms with Gasteiger partial charge in [0.1, 0.15) is 0 Å². The van der Waals surface area contributed by atoms with E-state index in [1.54, 1.807) is 11.3 Å². The second-order valence-electron chi connectivity index (χ2n) is 4.19. The second-order valence-corrected chi connectivity index (χ2v) is 5.16. The summed E-state index contributed by atoms with van der Waals surface area (Å²) in [5, 5.41) is 8.87. The highest BCUT2D eigenvalue weighted by atomic mass is 32.1. The van der Waals surface area contributed by atoms with E-state index in [0.717, 1.165) is 25.9 Å². The van der Waals surface area contributed by atoms with Crippen molar-refractivity contribution in [1.29, 1.82) is 0 Å². The molecule has 1 saturated heterocycles. The highest BCUT2D eigenvalue weighted by Crippen LogP contribution is 2.22. The Morgan fingerprint density at radius 2 is 2.50 bits per heavy atom. The Balaban J connectivity index is 1.96. The third-order valence-corrected chi connectivity index (χ3v) is 3.77.